The molecule has 2 rings (SSSR count). The van der Waals surface area contributed by atoms with Gasteiger partial charge in [0.2, 0.25) is 0 Å². The molecule has 0 aliphatic carbocycles. The molecule has 22 heavy (non-hydrogen) atoms. The largest absolute Gasteiger partial charge is 0.457 e. The highest BCUT2D eigenvalue weighted by molar-refractivity contribution is 5.73. The molecule has 0 aliphatic rings. The molecule has 0 heterocycles. The summed E-state index contributed by atoms with van der Waals surface area (Å²) in [6, 6.07) is 16.9. The van der Waals surface area contributed by atoms with E-state index in [2.05, 4.69) is 5.32 Å². The number of aliphatic hydroxyl groups excluding tert-OH is 1. The molecule has 0 spiro atoms. The first-order valence-electron chi connectivity index (χ1n) is 7.10. The predicted octanol–water partition coefficient (Wildman–Crippen LogP) is 2.61. The molecule has 0 fully saturated rings. The maximum absolute atomic E-state index is 11.7. The maximum atomic E-state index is 11.7. The quantitative estimate of drug-likeness (QED) is 0.862. The molecule has 116 valence electrons. The minimum atomic E-state index is -0.210. The van der Waals surface area contributed by atoms with Crippen LogP contribution in [0, 0.1) is 0 Å². The van der Waals surface area contributed by atoms with Gasteiger partial charge in [-0.25, -0.2) is 4.79 Å². The first kappa shape index (κ1) is 15.9. The normalized spacial score (nSPS) is 10.1. The van der Waals surface area contributed by atoms with Gasteiger partial charge in [-0.15, -0.1) is 0 Å². The average Bonchev–Trinajstić information content (AvgIpc) is 2.55. The lowest BCUT2D eigenvalue weighted by molar-refractivity contribution is 0.190. The first-order chi connectivity index (χ1) is 10.7. The van der Waals surface area contributed by atoms with Crippen LogP contribution in [0.5, 0.6) is 11.5 Å². The predicted molar refractivity (Wildman–Crippen MR) is 84.9 cm³/mol. The molecule has 5 nitrogen and oxygen atoms in total. The summed E-state index contributed by atoms with van der Waals surface area (Å²) >= 11 is 0. The van der Waals surface area contributed by atoms with Crippen LogP contribution in [0.4, 0.5) is 4.79 Å². The van der Waals surface area contributed by atoms with E-state index in [0.717, 1.165) is 17.1 Å². The number of likely N-dealkylation sites (N-methyl/N-ethyl adjacent to an activating group) is 1. The molecule has 0 atom stereocenters. The summed E-state index contributed by atoms with van der Waals surface area (Å²) in [5.74, 6) is 1.54. The van der Waals surface area contributed by atoms with Gasteiger partial charge in [0.1, 0.15) is 11.5 Å². The number of carbonyl (C=O) groups excluding carboxylic acids is 1. The molecule has 2 N–H and O–H groups in total. The Labute approximate surface area is 130 Å². The highest BCUT2D eigenvalue weighted by atomic mass is 16.5. The van der Waals surface area contributed by atoms with Crippen molar-refractivity contribution in [2.45, 2.75) is 6.54 Å². The highest BCUT2D eigenvalue weighted by Gasteiger charge is 2.06. The third kappa shape index (κ3) is 4.79. The SMILES string of the molecule is CN(CCO)C(=O)NCc1ccc(Oc2ccccc2)cc1. The second-order valence-electron chi connectivity index (χ2n) is 4.86. The van der Waals surface area contributed by atoms with E-state index in [9.17, 15) is 4.79 Å². The maximum Gasteiger partial charge on any atom is 0.317 e. The van der Waals surface area contributed by atoms with Crippen LogP contribution in [0.25, 0.3) is 0 Å². The van der Waals surface area contributed by atoms with Gasteiger partial charge in [0.15, 0.2) is 0 Å². The van der Waals surface area contributed by atoms with Crippen LogP contribution in [0.3, 0.4) is 0 Å². The van der Waals surface area contributed by atoms with Crippen molar-refractivity contribution in [3.05, 3.63) is 60.2 Å². The van der Waals surface area contributed by atoms with Crippen LogP contribution in [0.2, 0.25) is 0 Å². The van der Waals surface area contributed by atoms with E-state index >= 15 is 0 Å². The summed E-state index contributed by atoms with van der Waals surface area (Å²) < 4.78 is 5.71. The number of para-hydroxylation sites is 1. The van der Waals surface area contributed by atoms with E-state index in [4.69, 9.17) is 9.84 Å². The molecule has 0 radical (unpaired) electrons. The van der Waals surface area contributed by atoms with Gasteiger partial charge in [0, 0.05) is 20.1 Å². The van der Waals surface area contributed by atoms with Gasteiger partial charge in [0.05, 0.1) is 6.61 Å². The van der Waals surface area contributed by atoms with Crippen molar-refractivity contribution >= 4 is 6.03 Å². The molecule has 0 aliphatic heterocycles. The lowest BCUT2D eigenvalue weighted by atomic mass is 10.2. The Morgan fingerprint density at radius 2 is 1.73 bits per heavy atom. The van der Waals surface area contributed by atoms with Crippen LogP contribution in [-0.2, 0) is 6.54 Å². The molecule has 2 aromatic carbocycles. The van der Waals surface area contributed by atoms with Crippen LogP contribution in [-0.4, -0.2) is 36.2 Å². The number of urea groups is 1. The summed E-state index contributed by atoms with van der Waals surface area (Å²) in [7, 11) is 1.64. The number of ether oxygens (including phenoxy) is 1. The zero-order valence-electron chi connectivity index (χ0n) is 12.5. The molecule has 2 amide bonds. The summed E-state index contributed by atoms with van der Waals surface area (Å²) in [5, 5.41) is 11.6. The topological polar surface area (TPSA) is 61.8 Å². The molecular weight excluding hydrogens is 280 g/mol. The second-order valence-corrected chi connectivity index (χ2v) is 4.86. The number of aliphatic hydroxyl groups is 1. The van der Waals surface area contributed by atoms with E-state index < -0.39 is 0 Å². The third-order valence-electron chi connectivity index (χ3n) is 3.13. The minimum Gasteiger partial charge on any atom is -0.457 e. The lowest BCUT2D eigenvalue weighted by Crippen LogP contribution is -2.38. The second kappa shape index (κ2) is 8.05. The minimum absolute atomic E-state index is 0.0462. The van der Waals surface area contributed by atoms with Crippen molar-refractivity contribution < 1.29 is 14.6 Å². The van der Waals surface area contributed by atoms with Gasteiger partial charge >= 0.3 is 6.03 Å². The summed E-state index contributed by atoms with van der Waals surface area (Å²) in [5.41, 5.74) is 0.978. The monoisotopic (exact) mass is 300 g/mol. The van der Waals surface area contributed by atoms with Crippen molar-refractivity contribution in [3.63, 3.8) is 0 Å². The lowest BCUT2D eigenvalue weighted by Gasteiger charge is -2.16. The van der Waals surface area contributed by atoms with E-state index in [1.54, 1.807) is 7.05 Å². The van der Waals surface area contributed by atoms with Crippen LogP contribution >= 0.6 is 0 Å². The van der Waals surface area contributed by atoms with Crippen molar-refractivity contribution in [1.29, 1.82) is 0 Å². The molecule has 2 aromatic rings. The fraction of sp³-hybridized carbons (Fsp3) is 0.235. The standard InChI is InChI=1S/C17H20N2O3/c1-19(11-12-20)17(21)18-13-14-7-9-16(10-8-14)22-15-5-3-2-4-6-15/h2-10,20H,11-13H2,1H3,(H,18,21). The fourth-order valence-electron chi connectivity index (χ4n) is 1.86. The van der Waals surface area contributed by atoms with Gasteiger partial charge in [-0.2, -0.15) is 0 Å². The van der Waals surface area contributed by atoms with Gasteiger partial charge in [-0.3, -0.25) is 0 Å². The van der Waals surface area contributed by atoms with Crippen LogP contribution in [0.1, 0.15) is 5.56 Å². The summed E-state index contributed by atoms with van der Waals surface area (Å²) in [4.78, 5) is 13.1. The van der Waals surface area contributed by atoms with Crippen molar-refractivity contribution in [1.82, 2.24) is 10.2 Å². The molecule has 0 aromatic heterocycles. The Bertz CT molecular complexity index is 585. The molecule has 5 heteroatoms. The number of amides is 2. The molecule has 0 saturated heterocycles. The number of benzene rings is 2. The molecular formula is C17H20N2O3. The number of rotatable bonds is 6. The molecule has 0 saturated carbocycles. The fourth-order valence-corrected chi connectivity index (χ4v) is 1.86. The van der Waals surface area contributed by atoms with E-state index in [1.807, 2.05) is 54.6 Å². The van der Waals surface area contributed by atoms with E-state index in [-0.39, 0.29) is 12.6 Å². The number of hydrogen-bond donors (Lipinski definition) is 2. The number of carbonyl (C=O) groups is 1. The smallest absolute Gasteiger partial charge is 0.317 e. The first-order valence-corrected chi connectivity index (χ1v) is 7.10. The number of hydrogen-bond acceptors (Lipinski definition) is 3. The number of nitrogens with one attached hydrogen (secondary N) is 1. The van der Waals surface area contributed by atoms with Crippen molar-refractivity contribution in [2.75, 3.05) is 20.2 Å². The van der Waals surface area contributed by atoms with Gasteiger partial charge in [-0.1, -0.05) is 30.3 Å². The highest BCUT2D eigenvalue weighted by Crippen LogP contribution is 2.20. The Hall–Kier alpha value is -2.53. The summed E-state index contributed by atoms with van der Waals surface area (Å²) in [6.07, 6.45) is 0. The Morgan fingerprint density at radius 3 is 2.36 bits per heavy atom. The van der Waals surface area contributed by atoms with Gasteiger partial charge in [0.25, 0.3) is 0 Å². The Morgan fingerprint density at radius 1 is 1.09 bits per heavy atom. The average molecular weight is 300 g/mol. The van der Waals surface area contributed by atoms with E-state index in [0.29, 0.717) is 13.1 Å². The third-order valence-corrected chi connectivity index (χ3v) is 3.13. The Kier molecular flexibility index (Phi) is 5.80. The van der Waals surface area contributed by atoms with E-state index in [1.165, 1.54) is 4.90 Å². The summed E-state index contributed by atoms with van der Waals surface area (Å²) in [6.45, 7) is 0.700. The van der Waals surface area contributed by atoms with Crippen molar-refractivity contribution in [2.24, 2.45) is 0 Å². The zero-order chi connectivity index (χ0) is 15.8. The van der Waals surface area contributed by atoms with Gasteiger partial charge in [-0.05, 0) is 29.8 Å². The van der Waals surface area contributed by atoms with Gasteiger partial charge < -0.3 is 20.1 Å². The Balaban J connectivity index is 1.85. The molecule has 0 bridgehead atoms. The van der Waals surface area contributed by atoms with Crippen LogP contribution < -0.4 is 10.1 Å². The van der Waals surface area contributed by atoms with Crippen molar-refractivity contribution in [3.8, 4) is 11.5 Å². The zero-order valence-corrected chi connectivity index (χ0v) is 12.5. The number of nitrogens with zero attached hydrogens (tertiary/aromatic N) is 1. The van der Waals surface area contributed by atoms with Crippen LogP contribution in [0.15, 0.2) is 54.6 Å². The molecule has 0 unspecified atom stereocenters.